The topological polar surface area (TPSA) is 3.24 Å². The molecule has 1 heteroatoms. The van der Waals surface area contributed by atoms with E-state index in [4.69, 9.17) is 0 Å². The van der Waals surface area contributed by atoms with Crippen LogP contribution >= 0.6 is 0 Å². The van der Waals surface area contributed by atoms with Gasteiger partial charge in [0.25, 0.3) is 0 Å². The number of likely N-dealkylation sites (tertiary alicyclic amines) is 1. The number of nitrogens with zero attached hydrogens (tertiary/aromatic N) is 1. The molecule has 1 saturated heterocycles. The van der Waals surface area contributed by atoms with Crippen LogP contribution in [0, 0.1) is 11.3 Å². The summed E-state index contributed by atoms with van der Waals surface area (Å²) in [5.74, 6) is 0.838. The minimum atomic E-state index is 0.358. The zero-order valence-electron chi connectivity index (χ0n) is 11.6. The van der Waals surface area contributed by atoms with Gasteiger partial charge >= 0.3 is 0 Å². The molecule has 0 radical (unpaired) electrons. The van der Waals surface area contributed by atoms with Crippen molar-refractivity contribution in [3.8, 4) is 0 Å². The predicted octanol–water partition coefficient (Wildman–Crippen LogP) is 3.93. The highest BCUT2D eigenvalue weighted by atomic mass is 15.2. The second kappa shape index (κ2) is 4.45. The van der Waals surface area contributed by atoms with Crippen molar-refractivity contribution < 1.29 is 0 Å². The predicted molar refractivity (Wildman–Crippen MR) is 68.1 cm³/mol. The van der Waals surface area contributed by atoms with Crippen molar-refractivity contribution in [1.82, 2.24) is 4.90 Å². The summed E-state index contributed by atoms with van der Waals surface area (Å²) >= 11 is 0. The third-order valence-corrected chi connectivity index (χ3v) is 4.64. The van der Waals surface area contributed by atoms with E-state index in [1.54, 1.807) is 0 Å². The lowest BCUT2D eigenvalue weighted by Crippen LogP contribution is -2.50. The Bertz CT molecular complexity index is 192. The summed E-state index contributed by atoms with van der Waals surface area (Å²) in [5.41, 5.74) is 0.985. The van der Waals surface area contributed by atoms with Crippen molar-refractivity contribution in [3.05, 3.63) is 0 Å². The Labute approximate surface area is 96.2 Å². The van der Waals surface area contributed by atoms with Crippen LogP contribution in [0.15, 0.2) is 0 Å². The number of hydrogen-bond donors (Lipinski definition) is 0. The molecule has 0 spiro atoms. The van der Waals surface area contributed by atoms with E-state index < -0.39 is 0 Å². The Hall–Kier alpha value is -0.0400. The third-order valence-electron chi connectivity index (χ3n) is 4.64. The highest BCUT2D eigenvalue weighted by Gasteiger charge is 2.37. The summed E-state index contributed by atoms with van der Waals surface area (Å²) in [4.78, 5) is 2.64. The Balaban J connectivity index is 2.61. The molecule has 0 aromatic carbocycles. The average Bonchev–Trinajstić information content (AvgIpc) is 2.16. The van der Waals surface area contributed by atoms with Gasteiger partial charge in [0, 0.05) is 5.54 Å². The number of hydrogen-bond acceptors (Lipinski definition) is 1. The summed E-state index contributed by atoms with van der Waals surface area (Å²) in [6, 6.07) is 0. The van der Waals surface area contributed by atoms with Crippen molar-refractivity contribution in [2.45, 2.75) is 66.3 Å². The maximum atomic E-state index is 2.64. The lowest BCUT2D eigenvalue weighted by molar-refractivity contribution is 0.0146. The van der Waals surface area contributed by atoms with Gasteiger partial charge in [-0.1, -0.05) is 27.2 Å². The molecule has 1 rings (SSSR count). The van der Waals surface area contributed by atoms with Gasteiger partial charge in [0.05, 0.1) is 0 Å². The minimum absolute atomic E-state index is 0.358. The van der Waals surface area contributed by atoms with Crippen molar-refractivity contribution in [2.24, 2.45) is 11.3 Å². The summed E-state index contributed by atoms with van der Waals surface area (Å²) < 4.78 is 0. The second-order valence-electron chi connectivity index (χ2n) is 6.53. The van der Waals surface area contributed by atoms with Crippen molar-refractivity contribution in [2.75, 3.05) is 13.1 Å². The van der Waals surface area contributed by atoms with Crippen LogP contribution in [0.4, 0.5) is 0 Å². The maximum Gasteiger partial charge on any atom is 0.0125 e. The van der Waals surface area contributed by atoms with E-state index >= 15 is 0 Å². The van der Waals surface area contributed by atoms with Gasteiger partial charge in [0.15, 0.2) is 0 Å². The molecular formula is C14H29N. The van der Waals surface area contributed by atoms with E-state index in [1.165, 1.54) is 32.4 Å². The molecule has 0 atom stereocenters. The van der Waals surface area contributed by atoms with Crippen LogP contribution in [0.3, 0.4) is 0 Å². The smallest absolute Gasteiger partial charge is 0.0125 e. The monoisotopic (exact) mass is 211 g/mol. The zero-order valence-corrected chi connectivity index (χ0v) is 11.6. The van der Waals surface area contributed by atoms with Crippen LogP contribution < -0.4 is 0 Å². The van der Waals surface area contributed by atoms with Crippen LogP contribution in [0.2, 0.25) is 0 Å². The van der Waals surface area contributed by atoms with Gasteiger partial charge < -0.3 is 0 Å². The summed E-state index contributed by atoms with van der Waals surface area (Å²) in [5, 5.41) is 0. The summed E-state index contributed by atoms with van der Waals surface area (Å²) in [6.45, 7) is 16.7. The van der Waals surface area contributed by atoms with Crippen molar-refractivity contribution in [3.63, 3.8) is 0 Å². The molecule has 1 aliphatic rings. The largest absolute Gasteiger partial charge is 0.298 e. The fourth-order valence-electron chi connectivity index (χ4n) is 2.96. The molecule has 1 fully saturated rings. The molecule has 1 nitrogen and oxygen atoms in total. The van der Waals surface area contributed by atoms with E-state index in [1.807, 2.05) is 0 Å². The Morgan fingerprint density at radius 2 is 1.60 bits per heavy atom. The van der Waals surface area contributed by atoms with Crippen LogP contribution in [0.5, 0.6) is 0 Å². The zero-order chi connectivity index (χ0) is 11.7. The first-order chi connectivity index (χ1) is 6.82. The van der Waals surface area contributed by atoms with Crippen LogP contribution in [-0.4, -0.2) is 23.5 Å². The van der Waals surface area contributed by atoms with Gasteiger partial charge in [-0.25, -0.2) is 0 Å². The van der Waals surface area contributed by atoms with E-state index in [-0.39, 0.29) is 0 Å². The minimum Gasteiger partial charge on any atom is -0.298 e. The van der Waals surface area contributed by atoms with Gasteiger partial charge in [-0.05, 0) is 58.0 Å². The molecule has 0 amide bonds. The van der Waals surface area contributed by atoms with E-state index in [9.17, 15) is 0 Å². The van der Waals surface area contributed by atoms with Gasteiger partial charge in [0.2, 0.25) is 0 Å². The Morgan fingerprint density at radius 1 is 1.13 bits per heavy atom. The molecule has 0 unspecified atom stereocenters. The van der Waals surface area contributed by atoms with E-state index in [0.29, 0.717) is 11.0 Å². The number of piperidine rings is 1. The third kappa shape index (κ3) is 2.75. The fraction of sp³-hybridized carbons (Fsp3) is 1.00. The molecule has 0 saturated carbocycles. The average molecular weight is 211 g/mol. The number of rotatable bonds is 2. The second-order valence-corrected chi connectivity index (χ2v) is 6.53. The first kappa shape index (κ1) is 13.0. The fourth-order valence-corrected chi connectivity index (χ4v) is 2.96. The maximum absolute atomic E-state index is 2.64. The quantitative estimate of drug-likeness (QED) is 0.669. The normalized spacial score (nSPS) is 23.4. The summed E-state index contributed by atoms with van der Waals surface area (Å²) in [7, 11) is 0. The molecule has 0 bridgehead atoms. The molecule has 90 valence electrons. The molecule has 1 aliphatic heterocycles. The van der Waals surface area contributed by atoms with Gasteiger partial charge in [-0.15, -0.1) is 0 Å². The standard InChI is InChI=1S/C14H29N/c1-7-14(12(2)3)8-10-15(11-9-14)13(4,5)6/h12H,7-11H2,1-6H3. The van der Waals surface area contributed by atoms with Gasteiger partial charge in [-0.2, -0.15) is 0 Å². The van der Waals surface area contributed by atoms with E-state index in [2.05, 4.69) is 46.4 Å². The van der Waals surface area contributed by atoms with Crippen LogP contribution in [0.25, 0.3) is 0 Å². The molecule has 0 aliphatic carbocycles. The van der Waals surface area contributed by atoms with Crippen molar-refractivity contribution >= 4 is 0 Å². The first-order valence-electron chi connectivity index (χ1n) is 6.57. The van der Waals surface area contributed by atoms with Crippen molar-refractivity contribution in [1.29, 1.82) is 0 Å². The highest BCUT2D eigenvalue weighted by molar-refractivity contribution is 4.90. The molecular weight excluding hydrogens is 182 g/mol. The van der Waals surface area contributed by atoms with Crippen LogP contribution in [0.1, 0.15) is 60.8 Å². The van der Waals surface area contributed by atoms with E-state index in [0.717, 1.165) is 5.92 Å². The molecule has 0 aromatic heterocycles. The van der Waals surface area contributed by atoms with Gasteiger partial charge in [0.1, 0.15) is 0 Å². The Morgan fingerprint density at radius 3 is 1.87 bits per heavy atom. The first-order valence-corrected chi connectivity index (χ1v) is 6.57. The lowest BCUT2D eigenvalue weighted by atomic mass is 9.68. The van der Waals surface area contributed by atoms with Crippen LogP contribution in [-0.2, 0) is 0 Å². The summed E-state index contributed by atoms with van der Waals surface area (Å²) in [6.07, 6.45) is 4.12. The molecule has 0 aromatic rings. The highest BCUT2D eigenvalue weighted by Crippen LogP contribution is 2.42. The molecule has 1 heterocycles. The molecule has 0 N–H and O–H groups in total. The lowest BCUT2D eigenvalue weighted by Gasteiger charge is -2.48. The molecule has 15 heavy (non-hydrogen) atoms. The van der Waals surface area contributed by atoms with Gasteiger partial charge in [-0.3, -0.25) is 4.90 Å². The Kier molecular flexibility index (Phi) is 3.86. The SMILES string of the molecule is CCC1(C(C)C)CCN(C(C)(C)C)CC1.